The molecule has 1 amide bonds. The van der Waals surface area contributed by atoms with E-state index in [4.69, 9.17) is 5.73 Å². The van der Waals surface area contributed by atoms with E-state index in [0.717, 1.165) is 50.7 Å². The lowest BCUT2D eigenvalue weighted by molar-refractivity contribution is -0.124. The predicted molar refractivity (Wildman–Crippen MR) is 93.1 cm³/mol. The highest BCUT2D eigenvalue weighted by atomic mass is 16.1. The molecule has 6 nitrogen and oxygen atoms in total. The van der Waals surface area contributed by atoms with Crippen molar-refractivity contribution in [3.63, 3.8) is 0 Å². The Morgan fingerprint density at radius 1 is 1.21 bits per heavy atom. The Morgan fingerprint density at radius 2 is 1.92 bits per heavy atom. The number of primary amides is 1. The van der Waals surface area contributed by atoms with Gasteiger partial charge in [-0.15, -0.1) is 0 Å². The topological polar surface area (TPSA) is 67.4 Å². The Kier molecular flexibility index (Phi) is 5.27. The summed E-state index contributed by atoms with van der Waals surface area (Å²) in [4.78, 5) is 21.0. The molecule has 0 unspecified atom stereocenters. The molecule has 0 spiro atoms. The largest absolute Gasteiger partial charge is 0.368 e. The van der Waals surface area contributed by atoms with Crippen molar-refractivity contribution in [2.75, 3.05) is 26.2 Å². The van der Waals surface area contributed by atoms with Crippen LogP contribution in [0.3, 0.4) is 0 Å². The Balaban J connectivity index is 1.62. The highest BCUT2D eigenvalue weighted by molar-refractivity contribution is 5.81. The second-order valence-corrected chi connectivity index (χ2v) is 6.16. The van der Waals surface area contributed by atoms with Crippen molar-refractivity contribution >= 4 is 5.91 Å². The zero-order valence-electron chi connectivity index (χ0n) is 14.1. The number of benzene rings is 1. The highest BCUT2D eigenvalue weighted by Crippen LogP contribution is 2.22. The lowest BCUT2D eigenvalue weighted by atomic mass is 10.0. The Bertz CT molecular complexity index is 661. The summed E-state index contributed by atoms with van der Waals surface area (Å²) in [5.41, 5.74) is 6.65. The Hall–Kier alpha value is -2.18. The van der Waals surface area contributed by atoms with E-state index < -0.39 is 0 Å². The number of piperazine rings is 1. The molecular weight excluding hydrogens is 302 g/mol. The number of carbonyl (C=O) groups excluding carboxylic acids is 1. The van der Waals surface area contributed by atoms with E-state index in [0.29, 0.717) is 0 Å². The average molecular weight is 327 g/mol. The standard InChI is InChI=1S/C18H25N5O/c1-2-22-9-8-20-16(22)14-21-10-12-23(13-11-21)17(18(19)24)15-6-4-3-5-7-15/h3-9,17H,2,10-14H2,1H3,(H2,19,24)/t17-/m1/s1. The average Bonchev–Trinajstić information content (AvgIpc) is 3.04. The maximum atomic E-state index is 12.0. The van der Waals surface area contributed by atoms with Gasteiger partial charge in [0.05, 0.1) is 6.54 Å². The third kappa shape index (κ3) is 3.66. The molecule has 1 aliphatic rings. The van der Waals surface area contributed by atoms with Crippen LogP contribution in [0.5, 0.6) is 0 Å². The molecule has 2 aromatic rings. The SMILES string of the molecule is CCn1ccnc1CN1CCN([C@@H](C(N)=O)c2ccccc2)CC1. The maximum absolute atomic E-state index is 12.0. The van der Waals surface area contributed by atoms with E-state index in [1.165, 1.54) is 0 Å². The summed E-state index contributed by atoms with van der Waals surface area (Å²) in [6.07, 6.45) is 3.87. The molecule has 1 saturated heterocycles. The molecule has 0 bridgehead atoms. The lowest BCUT2D eigenvalue weighted by Gasteiger charge is -2.38. The van der Waals surface area contributed by atoms with E-state index in [1.54, 1.807) is 0 Å². The van der Waals surface area contributed by atoms with Gasteiger partial charge in [-0.25, -0.2) is 4.98 Å². The molecule has 24 heavy (non-hydrogen) atoms. The van der Waals surface area contributed by atoms with Gasteiger partial charge in [-0.3, -0.25) is 14.6 Å². The van der Waals surface area contributed by atoms with Crippen LogP contribution in [0.25, 0.3) is 0 Å². The summed E-state index contributed by atoms with van der Waals surface area (Å²) in [6, 6.07) is 9.46. The minimum absolute atomic E-state index is 0.281. The van der Waals surface area contributed by atoms with Gasteiger partial charge in [0.2, 0.25) is 5.91 Å². The smallest absolute Gasteiger partial charge is 0.239 e. The van der Waals surface area contributed by atoms with Crippen molar-refractivity contribution in [2.24, 2.45) is 5.73 Å². The zero-order chi connectivity index (χ0) is 16.9. The first-order valence-electron chi connectivity index (χ1n) is 8.49. The number of rotatable bonds is 6. The highest BCUT2D eigenvalue weighted by Gasteiger charge is 2.29. The molecule has 2 N–H and O–H groups in total. The molecule has 1 aromatic heterocycles. The molecule has 128 valence electrons. The second kappa shape index (κ2) is 7.59. The van der Waals surface area contributed by atoms with Gasteiger partial charge in [0.1, 0.15) is 11.9 Å². The van der Waals surface area contributed by atoms with Gasteiger partial charge in [-0.2, -0.15) is 0 Å². The summed E-state index contributed by atoms with van der Waals surface area (Å²) >= 11 is 0. The fraction of sp³-hybridized carbons (Fsp3) is 0.444. The number of imidazole rings is 1. The third-order valence-corrected chi connectivity index (χ3v) is 4.66. The molecular formula is C18H25N5O. The number of nitrogens with two attached hydrogens (primary N) is 1. The van der Waals surface area contributed by atoms with Gasteiger partial charge in [0.15, 0.2) is 0 Å². The summed E-state index contributed by atoms with van der Waals surface area (Å²) in [5.74, 6) is 0.816. The number of amides is 1. The van der Waals surface area contributed by atoms with Gasteiger partial charge < -0.3 is 10.3 Å². The quantitative estimate of drug-likeness (QED) is 0.867. The first kappa shape index (κ1) is 16.7. The van der Waals surface area contributed by atoms with Crippen LogP contribution < -0.4 is 5.73 Å². The number of hydrogen-bond donors (Lipinski definition) is 1. The van der Waals surface area contributed by atoms with Gasteiger partial charge in [-0.1, -0.05) is 30.3 Å². The van der Waals surface area contributed by atoms with Gasteiger partial charge in [0, 0.05) is 45.1 Å². The first-order valence-corrected chi connectivity index (χ1v) is 8.49. The van der Waals surface area contributed by atoms with Crippen LogP contribution in [0, 0.1) is 0 Å². The van der Waals surface area contributed by atoms with Crippen LogP contribution in [-0.4, -0.2) is 51.4 Å². The van der Waals surface area contributed by atoms with Crippen molar-refractivity contribution in [1.82, 2.24) is 19.4 Å². The van der Waals surface area contributed by atoms with E-state index in [2.05, 4.69) is 26.3 Å². The number of hydrogen-bond acceptors (Lipinski definition) is 4. The summed E-state index contributed by atoms with van der Waals surface area (Å²) in [6.45, 7) is 7.39. The number of nitrogens with zero attached hydrogens (tertiary/aromatic N) is 4. The van der Waals surface area contributed by atoms with Crippen molar-refractivity contribution in [1.29, 1.82) is 0 Å². The molecule has 1 atom stereocenters. The van der Waals surface area contributed by atoms with Crippen LogP contribution in [-0.2, 0) is 17.9 Å². The first-order chi connectivity index (χ1) is 11.7. The molecule has 0 saturated carbocycles. The van der Waals surface area contributed by atoms with Gasteiger partial charge in [-0.05, 0) is 12.5 Å². The van der Waals surface area contributed by atoms with Crippen molar-refractivity contribution in [3.05, 3.63) is 54.1 Å². The number of carbonyl (C=O) groups is 1. The fourth-order valence-electron chi connectivity index (χ4n) is 3.35. The molecule has 1 aliphatic heterocycles. The normalized spacial score (nSPS) is 17.7. The van der Waals surface area contributed by atoms with E-state index in [-0.39, 0.29) is 11.9 Å². The summed E-state index contributed by atoms with van der Waals surface area (Å²) in [5, 5.41) is 0. The lowest BCUT2D eigenvalue weighted by Crippen LogP contribution is -2.50. The van der Waals surface area contributed by atoms with E-state index in [9.17, 15) is 4.79 Å². The molecule has 0 aliphatic carbocycles. The molecule has 6 heteroatoms. The summed E-state index contributed by atoms with van der Waals surface area (Å²) < 4.78 is 2.17. The maximum Gasteiger partial charge on any atom is 0.239 e. The second-order valence-electron chi connectivity index (χ2n) is 6.16. The summed E-state index contributed by atoms with van der Waals surface area (Å²) in [7, 11) is 0. The van der Waals surface area contributed by atoms with Gasteiger partial charge >= 0.3 is 0 Å². The number of aryl methyl sites for hydroxylation is 1. The Labute approximate surface area is 142 Å². The molecule has 0 radical (unpaired) electrons. The van der Waals surface area contributed by atoms with E-state index in [1.807, 2.05) is 42.7 Å². The molecule has 2 heterocycles. The minimum Gasteiger partial charge on any atom is -0.368 e. The predicted octanol–water partition coefficient (Wildman–Crippen LogP) is 1.25. The minimum atomic E-state index is -0.342. The Morgan fingerprint density at radius 3 is 2.54 bits per heavy atom. The fourth-order valence-corrected chi connectivity index (χ4v) is 3.35. The number of aromatic nitrogens is 2. The van der Waals surface area contributed by atoms with Gasteiger partial charge in [0.25, 0.3) is 0 Å². The molecule has 3 rings (SSSR count). The zero-order valence-corrected chi connectivity index (χ0v) is 14.1. The van der Waals surface area contributed by atoms with Crippen molar-refractivity contribution in [3.8, 4) is 0 Å². The van der Waals surface area contributed by atoms with E-state index >= 15 is 0 Å². The van der Waals surface area contributed by atoms with Crippen LogP contribution >= 0.6 is 0 Å². The monoisotopic (exact) mass is 327 g/mol. The van der Waals surface area contributed by atoms with Crippen LogP contribution in [0.1, 0.15) is 24.4 Å². The molecule has 1 aromatic carbocycles. The van der Waals surface area contributed by atoms with Crippen LogP contribution in [0.15, 0.2) is 42.7 Å². The van der Waals surface area contributed by atoms with Crippen molar-refractivity contribution < 1.29 is 4.79 Å². The molecule has 1 fully saturated rings. The van der Waals surface area contributed by atoms with Crippen LogP contribution in [0.2, 0.25) is 0 Å². The third-order valence-electron chi connectivity index (χ3n) is 4.66. The van der Waals surface area contributed by atoms with Crippen molar-refractivity contribution in [2.45, 2.75) is 26.1 Å². The van der Waals surface area contributed by atoms with Crippen LogP contribution in [0.4, 0.5) is 0 Å².